The summed E-state index contributed by atoms with van der Waals surface area (Å²) < 4.78 is 0. The van der Waals surface area contributed by atoms with Crippen molar-refractivity contribution in [2.24, 2.45) is 5.92 Å². The lowest BCUT2D eigenvalue weighted by Crippen LogP contribution is -2.57. The van der Waals surface area contributed by atoms with Crippen molar-refractivity contribution >= 4 is 22.7 Å². The van der Waals surface area contributed by atoms with Crippen molar-refractivity contribution in [2.45, 2.75) is 121 Å². The number of carbonyl (C=O) groups is 2. The number of nitrogens with one attached hydrogen (secondary N) is 3. The molecule has 4 aliphatic rings. The van der Waals surface area contributed by atoms with Crippen molar-refractivity contribution < 1.29 is 9.59 Å². The molecular formula is C33H49N5O2. The third-order valence-electron chi connectivity index (χ3n) is 10.8. The molecule has 40 heavy (non-hydrogen) atoms. The first kappa shape index (κ1) is 27.8. The fourth-order valence-corrected chi connectivity index (χ4v) is 8.49. The van der Waals surface area contributed by atoms with Gasteiger partial charge < -0.3 is 20.5 Å². The highest BCUT2D eigenvalue weighted by molar-refractivity contribution is 5.90. The van der Waals surface area contributed by atoms with Crippen LogP contribution in [0.4, 0.5) is 0 Å². The monoisotopic (exact) mass is 547 g/mol. The maximum atomic E-state index is 14.6. The highest BCUT2D eigenvalue weighted by Crippen LogP contribution is 2.46. The van der Waals surface area contributed by atoms with E-state index in [4.69, 9.17) is 0 Å². The predicted octanol–water partition coefficient (Wildman–Crippen LogP) is 4.85. The molecule has 0 spiro atoms. The number of likely N-dealkylation sites (tertiary alicyclic amines) is 2. The standard InChI is InChI=1S/C33H49N5O2/c1-21-14-15-25-26(19-35-28(25)18-21)27-20-38(24-12-8-5-9-13-24)29-16-17-37(31(27)29)33(40)30(23-10-6-4-7-11-23)36-32(39)22(2)34-3/h14-15,18-19,22-24,27,29-31,34-35H,4-13,16-17,20H2,1-3H3,(H,36,39)/t22-,27+,29+,30-,31+/m0/s1. The van der Waals surface area contributed by atoms with Gasteiger partial charge in [-0.3, -0.25) is 14.5 Å². The number of H-pyrrole nitrogens is 1. The summed E-state index contributed by atoms with van der Waals surface area (Å²) in [5.41, 5.74) is 3.80. The zero-order chi connectivity index (χ0) is 27.8. The lowest BCUT2D eigenvalue weighted by Gasteiger charge is -2.37. The van der Waals surface area contributed by atoms with E-state index < -0.39 is 6.04 Å². The first-order valence-corrected chi connectivity index (χ1v) is 16.1. The van der Waals surface area contributed by atoms with Gasteiger partial charge in [0.15, 0.2) is 0 Å². The summed E-state index contributed by atoms with van der Waals surface area (Å²) >= 11 is 0. The summed E-state index contributed by atoms with van der Waals surface area (Å²) in [7, 11) is 1.80. The number of carbonyl (C=O) groups excluding carboxylic acids is 2. The Bertz CT molecular complexity index is 1200. The second-order valence-corrected chi connectivity index (χ2v) is 13.2. The van der Waals surface area contributed by atoms with Gasteiger partial charge in [-0.1, -0.05) is 50.7 Å². The van der Waals surface area contributed by atoms with E-state index in [1.54, 1.807) is 7.05 Å². The van der Waals surface area contributed by atoms with Crippen LogP contribution in [-0.4, -0.2) is 76.9 Å². The highest BCUT2D eigenvalue weighted by Gasteiger charge is 2.53. The number of nitrogens with zero attached hydrogens (tertiary/aromatic N) is 2. The van der Waals surface area contributed by atoms with Crippen molar-refractivity contribution in [2.75, 3.05) is 20.1 Å². The number of aromatic nitrogens is 1. The number of aromatic amines is 1. The minimum Gasteiger partial charge on any atom is -0.361 e. The Hall–Kier alpha value is -2.38. The Kier molecular flexibility index (Phi) is 8.23. The fourth-order valence-electron chi connectivity index (χ4n) is 8.49. The van der Waals surface area contributed by atoms with Crippen molar-refractivity contribution in [3.8, 4) is 0 Å². The number of amides is 2. The molecule has 0 unspecified atom stereocenters. The van der Waals surface area contributed by atoms with Crippen LogP contribution in [0, 0.1) is 12.8 Å². The number of hydrogen-bond acceptors (Lipinski definition) is 4. The van der Waals surface area contributed by atoms with E-state index in [0.29, 0.717) is 12.1 Å². The average Bonchev–Trinajstić information content (AvgIpc) is 3.70. The number of likely N-dealkylation sites (N-methyl/N-ethyl adjacent to an activating group) is 1. The van der Waals surface area contributed by atoms with Gasteiger partial charge in [0, 0.05) is 48.2 Å². The topological polar surface area (TPSA) is 80.5 Å². The van der Waals surface area contributed by atoms with Crippen LogP contribution >= 0.6 is 0 Å². The third kappa shape index (κ3) is 5.20. The van der Waals surface area contributed by atoms with E-state index in [1.165, 1.54) is 60.6 Å². The molecule has 5 atom stereocenters. The van der Waals surface area contributed by atoms with Crippen molar-refractivity contribution in [1.82, 2.24) is 25.4 Å². The quantitative estimate of drug-likeness (QED) is 0.463. The van der Waals surface area contributed by atoms with Crippen molar-refractivity contribution in [1.29, 1.82) is 0 Å². The largest absolute Gasteiger partial charge is 0.361 e. The van der Waals surface area contributed by atoms with E-state index in [-0.39, 0.29) is 35.7 Å². The van der Waals surface area contributed by atoms with Crippen molar-refractivity contribution in [3.63, 3.8) is 0 Å². The first-order chi connectivity index (χ1) is 19.5. The maximum Gasteiger partial charge on any atom is 0.245 e. The maximum absolute atomic E-state index is 14.6. The van der Waals surface area contributed by atoms with Gasteiger partial charge in [0.2, 0.25) is 11.8 Å². The van der Waals surface area contributed by atoms with E-state index in [9.17, 15) is 9.59 Å². The Labute approximate surface area is 239 Å². The minimum atomic E-state index is -0.433. The molecule has 2 aromatic rings. The smallest absolute Gasteiger partial charge is 0.245 e. The van der Waals surface area contributed by atoms with Gasteiger partial charge in [0.05, 0.1) is 12.1 Å². The van der Waals surface area contributed by atoms with Gasteiger partial charge in [-0.05, 0) is 76.1 Å². The minimum absolute atomic E-state index is 0.0685. The third-order valence-corrected chi connectivity index (χ3v) is 10.8. The van der Waals surface area contributed by atoms with Gasteiger partial charge >= 0.3 is 0 Å². The van der Waals surface area contributed by atoms with Crippen LogP contribution in [0.25, 0.3) is 10.9 Å². The summed E-state index contributed by atoms with van der Waals surface area (Å²) in [5, 5.41) is 7.59. The Balaban J connectivity index is 1.34. The summed E-state index contributed by atoms with van der Waals surface area (Å²) in [6, 6.07) is 7.13. The zero-order valence-corrected chi connectivity index (χ0v) is 24.8. The fraction of sp³-hybridized carbons (Fsp3) is 0.697. The molecule has 218 valence electrons. The lowest BCUT2D eigenvalue weighted by atomic mass is 9.82. The van der Waals surface area contributed by atoms with Crippen molar-refractivity contribution in [3.05, 3.63) is 35.5 Å². The molecule has 2 aliphatic carbocycles. The van der Waals surface area contributed by atoms with Gasteiger partial charge in [0.25, 0.3) is 0 Å². The van der Waals surface area contributed by atoms with Crippen LogP contribution in [-0.2, 0) is 9.59 Å². The van der Waals surface area contributed by atoms with E-state index >= 15 is 0 Å². The molecule has 2 saturated carbocycles. The molecule has 7 nitrogen and oxygen atoms in total. The molecule has 4 fully saturated rings. The van der Waals surface area contributed by atoms with Crippen LogP contribution in [0.2, 0.25) is 0 Å². The van der Waals surface area contributed by atoms with E-state index in [0.717, 1.165) is 45.2 Å². The predicted molar refractivity (Wildman–Crippen MR) is 160 cm³/mol. The molecule has 0 bridgehead atoms. The first-order valence-electron chi connectivity index (χ1n) is 16.1. The van der Waals surface area contributed by atoms with Crippen LogP contribution in [0.3, 0.4) is 0 Å². The molecule has 1 aromatic heterocycles. The second kappa shape index (κ2) is 11.8. The van der Waals surface area contributed by atoms with Crippen LogP contribution in [0.5, 0.6) is 0 Å². The Morgan fingerprint density at radius 1 is 1.00 bits per heavy atom. The number of rotatable bonds is 7. The molecule has 3 N–H and O–H groups in total. The van der Waals surface area contributed by atoms with Gasteiger partial charge in [-0.25, -0.2) is 0 Å². The normalized spacial score (nSPS) is 28.1. The number of hydrogen-bond donors (Lipinski definition) is 3. The molecule has 3 heterocycles. The Morgan fingerprint density at radius 3 is 2.45 bits per heavy atom. The zero-order valence-electron chi connectivity index (χ0n) is 24.8. The molecule has 6 rings (SSSR count). The van der Waals surface area contributed by atoms with Crippen LogP contribution in [0.15, 0.2) is 24.4 Å². The molecule has 2 amide bonds. The summed E-state index contributed by atoms with van der Waals surface area (Å²) in [5.74, 6) is 0.579. The summed E-state index contributed by atoms with van der Waals surface area (Å²) in [4.78, 5) is 36.3. The summed E-state index contributed by atoms with van der Waals surface area (Å²) in [6.45, 7) is 5.82. The van der Waals surface area contributed by atoms with E-state index in [2.05, 4.69) is 56.7 Å². The molecular weight excluding hydrogens is 498 g/mol. The number of aryl methyl sites for hydroxylation is 1. The summed E-state index contributed by atoms with van der Waals surface area (Å²) in [6.07, 6.45) is 15.3. The average molecular weight is 548 g/mol. The molecule has 7 heteroatoms. The molecule has 1 aromatic carbocycles. The molecule has 0 radical (unpaired) electrons. The Morgan fingerprint density at radius 2 is 1.73 bits per heavy atom. The van der Waals surface area contributed by atoms with Crippen LogP contribution in [0.1, 0.15) is 94.6 Å². The van der Waals surface area contributed by atoms with E-state index in [1.807, 2.05) is 6.92 Å². The van der Waals surface area contributed by atoms with Crippen LogP contribution < -0.4 is 10.6 Å². The van der Waals surface area contributed by atoms with Gasteiger partial charge in [0.1, 0.15) is 6.04 Å². The lowest BCUT2D eigenvalue weighted by molar-refractivity contribution is -0.139. The second-order valence-electron chi connectivity index (χ2n) is 13.2. The number of fused-ring (bicyclic) bond motifs is 2. The van der Waals surface area contributed by atoms with Gasteiger partial charge in [-0.2, -0.15) is 0 Å². The molecule has 2 aliphatic heterocycles. The number of benzene rings is 1. The molecule has 2 saturated heterocycles. The SMILES string of the molecule is CN[C@@H](C)C(=O)N[C@H](C(=O)N1CC[C@@H]2[C@H]1[C@@H](c1c[nH]c3cc(C)ccc13)CN2C1CCCCC1)C1CCCCC1. The highest BCUT2D eigenvalue weighted by atomic mass is 16.2. The van der Waals surface area contributed by atoms with Gasteiger partial charge in [-0.15, -0.1) is 0 Å².